The zero-order valence-electron chi connectivity index (χ0n) is 6.18. The molecule has 1 aliphatic heterocycles. The Balaban J connectivity index is 2.63. The second-order valence-electron chi connectivity index (χ2n) is 2.93. The van der Waals surface area contributed by atoms with Crippen molar-refractivity contribution in [2.75, 3.05) is 0 Å². The van der Waals surface area contributed by atoms with Gasteiger partial charge in [-0.3, -0.25) is 9.59 Å². The number of hydrogen-bond donors (Lipinski definition) is 1. The van der Waals surface area contributed by atoms with Gasteiger partial charge < -0.3 is 5.32 Å². The summed E-state index contributed by atoms with van der Waals surface area (Å²) in [6, 6.07) is -0.229. The Bertz CT molecular complexity index is 174. The highest BCUT2D eigenvalue weighted by atomic mass is 16.2. The van der Waals surface area contributed by atoms with Crippen molar-refractivity contribution < 1.29 is 9.59 Å². The van der Waals surface area contributed by atoms with Gasteiger partial charge in [0.2, 0.25) is 5.91 Å². The third-order valence-corrected chi connectivity index (χ3v) is 1.66. The molecule has 0 aromatic carbocycles. The number of amides is 1. The average Bonchev–Trinajstić information content (AvgIpc) is 2.10. The minimum Gasteiger partial charge on any atom is -0.346 e. The van der Waals surface area contributed by atoms with Gasteiger partial charge in [0.05, 0.1) is 12.5 Å². The summed E-state index contributed by atoms with van der Waals surface area (Å²) in [4.78, 5) is 21.6. The minimum absolute atomic E-state index is 0.0278. The zero-order valence-corrected chi connectivity index (χ0v) is 6.18. The van der Waals surface area contributed by atoms with Crippen molar-refractivity contribution in [2.24, 2.45) is 5.92 Å². The number of carbonyl (C=O) groups is 2. The van der Waals surface area contributed by atoms with E-state index in [-0.39, 0.29) is 30.1 Å². The van der Waals surface area contributed by atoms with Gasteiger partial charge in [0, 0.05) is 0 Å². The van der Waals surface area contributed by atoms with Gasteiger partial charge in [-0.15, -0.1) is 0 Å². The van der Waals surface area contributed by atoms with Crippen molar-refractivity contribution in [2.45, 2.75) is 26.3 Å². The van der Waals surface area contributed by atoms with Crippen LogP contribution in [0.15, 0.2) is 0 Å². The SMILES string of the molecule is CC(C)C1NC(=O)CC1=O. The summed E-state index contributed by atoms with van der Waals surface area (Å²) in [5.41, 5.74) is 0. The van der Waals surface area contributed by atoms with E-state index in [1.807, 2.05) is 13.8 Å². The summed E-state index contributed by atoms with van der Waals surface area (Å²) < 4.78 is 0. The number of nitrogens with one attached hydrogen (secondary N) is 1. The van der Waals surface area contributed by atoms with Crippen molar-refractivity contribution in [1.29, 1.82) is 0 Å². The molecule has 1 saturated heterocycles. The lowest BCUT2D eigenvalue weighted by Crippen LogP contribution is -2.33. The molecule has 1 heterocycles. The molecule has 0 aliphatic carbocycles. The zero-order chi connectivity index (χ0) is 7.72. The normalized spacial score (nSPS) is 25.7. The smallest absolute Gasteiger partial charge is 0.228 e. The molecule has 3 nitrogen and oxygen atoms in total. The van der Waals surface area contributed by atoms with Crippen molar-refractivity contribution in [1.82, 2.24) is 5.32 Å². The predicted octanol–water partition coefficient (Wildman–Crippen LogP) is 0.1000. The second kappa shape index (κ2) is 2.40. The van der Waals surface area contributed by atoms with E-state index in [0.717, 1.165) is 0 Å². The summed E-state index contributed by atoms with van der Waals surface area (Å²) in [5, 5.41) is 2.61. The van der Waals surface area contributed by atoms with Crippen LogP contribution in [0.4, 0.5) is 0 Å². The molecule has 1 amide bonds. The lowest BCUT2D eigenvalue weighted by Gasteiger charge is -2.11. The van der Waals surface area contributed by atoms with E-state index in [9.17, 15) is 9.59 Å². The Morgan fingerprint density at radius 3 is 2.30 bits per heavy atom. The minimum atomic E-state index is -0.229. The van der Waals surface area contributed by atoms with E-state index in [0.29, 0.717) is 0 Å². The molecular weight excluding hydrogens is 130 g/mol. The first kappa shape index (κ1) is 7.25. The van der Waals surface area contributed by atoms with Gasteiger partial charge in [0.1, 0.15) is 0 Å². The largest absolute Gasteiger partial charge is 0.346 e. The summed E-state index contributed by atoms with van der Waals surface area (Å²) >= 11 is 0. The van der Waals surface area contributed by atoms with E-state index < -0.39 is 0 Å². The van der Waals surface area contributed by atoms with Crippen molar-refractivity contribution >= 4 is 11.7 Å². The first-order valence-corrected chi connectivity index (χ1v) is 3.43. The maximum atomic E-state index is 10.9. The van der Waals surface area contributed by atoms with Gasteiger partial charge >= 0.3 is 0 Å². The van der Waals surface area contributed by atoms with Crippen LogP contribution in [0.2, 0.25) is 0 Å². The molecule has 1 rings (SSSR count). The molecule has 0 bridgehead atoms. The lowest BCUT2D eigenvalue weighted by molar-refractivity contribution is -0.122. The highest BCUT2D eigenvalue weighted by molar-refractivity contribution is 6.07. The van der Waals surface area contributed by atoms with E-state index in [1.165, 1.54) is 0 Å². The molecule has 1 aliphatic rings. The van der Waals surface area contributed by atoms with Crippen LogP contribution in [-0.4, -0.2) is 17.7 Å². The van der Waals surface area contributed by atoms with Crippen LogP contribution in [0, 0.1) is 5.92 Å². The van der Waals surface area contributed by atoms with Crippen molar-refractivity contribution in [3.63, 3.8) is 0 Å². The molecule has 3 heteroatoms. The fraction of sp³-hybridized carbons (Fsp3) is 0.714. The Hall–Kier alpha value is -0.860. The molecule has 1 N–H and O–H groups in total. The first-order chi connectivity index (χ1) is 4.61. The highest BCUT2D eigenvalue weighted by Gasteiger charge is 2.31. The molecule has 0 radical (unpaired) electrons. The molecule has 0 spiro atoms. The van der Waals surface area contributed by atoms with Crippen LogP contribution in [-0.2, 0) is 9.59 Å². The topological polar surface area (TPSA) is 46.2 Å². The monoisotopic (exact) mass is 141 g/mol. The lowest BCUT2D eigenvalue weighted by atomic mass is 10.0. The van der Waals surface area contributed by atoms with E-state index >= 15 is 0 Å². The van der Waals surface area contributed by atoms with Crippen LogP contribution >= 0.6 is 0 Å². The molecule has 0 aromatic rings. The number of ketones is 1. The van der Waals surface area contributed by atoms with Crippen molar-refractivity contribution in [3.05, 3.63) is 0 Å². The Morgan fingerprint density at radius 1 is 1.50 bits per heavy atom. The van der Waals surface area contributed by atoms with E-state index in [2.05, 4.69) is 5.32 Å². The van der Waals surface area contributed by atoms with E-state index in [4.69, 9.17) is 0 Å². The maximum absolute atomic E-state index is 10.9. The average molecular weight is 141 g/mol. The van der Waals surface area contributed by atoms with E-state index in [1.54, 1.807) is 0 Å². The van der Waals surface area contributed by atoms with Crippen molar-refractivity contribution in [3.8, 4) is 0 Å². The number of carbonyl (C=O) groups excluding carboxylic acids is 2. The van der Waals surface area contributed by atoms with Crippen LogP contribution < -0.4 is 5.32 Å². The van der Waals surface area contributed by atoms with Gasteiger partial charge in [-0.05, 0) is 5.92 Å². The number of rotatable bonds is 1. The second-order valence-corrected chi connectivity index (χ2v) is 2.93. The highest BCUT2D eigenvalue weighted by Crippen LogP contribution is 2.10. The Labute approximate surface area is 59.8 Å². The van der Waals surface area contributed by atoms with Crippen LogP contribution in [0.25, 0.3) is 0 Å². The maximum Gasteiger partial charge on any atom is 0.228 e. The first-order valence-electron chi connectivity index (χ1n) is 3.43. The van der Waals surface area contributed by atoms with Gasteiger partial charge in [0.25, 0.3) is 0 Å². The predicted molar refractivity (Wildman–Crippen MR) is 36.4 cm³/mol. The summed E-state index contributed by atoms with van der Waals surface area (Å²) in [6.45, 7) is 3.85. The van der Waals surface area contributed by atoms with Gasteiger partial charge in [-0.25, -0.2) is 0 Å². The summed E-state index contributed by atoms with van der Waals surface area (Å²) in [5.74, 6) is 0.114. The third kappa shape index (κ3) is 1.17. The van der Waals surface area contributed by atoms with Gasteiger partial charge in [-0.2, -0.15) is 0 Å². The van der Waals surface area contributed by atoms with Gasteiger partial charge in [-0.1, -0.05) is 13.8 Å². The third-order valence-electron chi connectivity index (χ3n) is 1.66. The molecule has 1 atom stereocenters. The summed E-state index contributed by atoms with van der Waals surface area (Å²) in [6.07, 6.45) is 0.0723. The molecule has 1 unspecified atom stereocenters. The quantitative estimate of drug-likeness (QED) is 0.526. The van der Waals surface area contributed by atoms with Crippen LogP contribution in [0.1, 0.15) is 20.3 Å². The molecule has 0 aromatic heterocycles. The van der Waals surface area contributed by atoms with Crippen LogP contribution in [0.5, 0.6) is 0 Å². The van der Waals surface area contributed by atoms with Gasteiger partial charge in [0.15, 0.2) is 5.78 Å². The number of Topliss-reactive ketones (excluding diaryl/α,β-unsaturated/α-hetero) is 1. The summed E-state index contributed by atoms with van der Waals surface area (Å²) in [7, 11) is 0. The number of hydrogen-bond acceptors (Lipinski definition) is 2. The Kier molecular flexibility index (Phi) is 1.74. The molecule has 10 heavy (non-hydrogen) atoms. The Morgan fingerprint density at radius 2 is 2.10 bits per heavy atom. The fourth-order valence-electron chi connectivity index (χ4n) is 1.11. The van der Waals surface area contributed by atoms with Crippen LogP contribution in [0.3, 0.4) is 0 Å². The molecule has 0 saturated carbocycles. The molecule has 1 fully saturated rings. The molecular formula is C7H11NO2. The standard InChI is InChI=1S/C7H11NO2/c1-4(2)7-5(9)3-6(10)8-7/h4,7H,3H2,1-2H3,(H,8,10). The fourth-order valence-corrected chi connectivity index (χ4v) is 1.11. The molecule has 56 valence electrons.